The Hall–Kier alpha value is -3.02. The zero-order valence-electron chi connectivity index (χ0n) is 16.2. The number of hydrogen-bond acceptors (Lipinski definition) is 2. The highest BCUT2D eigenvalue weighted by Crippen LogP contribution is 2.41. The summed E-state index contributed by atoms with van der Waals surface area (Å²) in [5, 5.41) is 0. The Morgan fingerprint density at radius 2 is 1.90 bits per heavy atom. The van der Waals surface area contributed by atoms with Gasteiger partial charge in [-0.25, -0.2) is 8.78 Å². The van der Waals surface area contributed by atoms with E-state index in [9.17, 15) is 17.6 Å². The maximum absolute atomic E-state index is 14.8. The minimum atomic E-state index is -1.28. The SMILES string of the molecule is C=C(OC)/C(F)=C1/Oc2c(cc(-c3ccc(CCC)c(F)c3)c(F)c2F)CC1=C. The fourth-order valence-electron chi connectivity index (χ4n) is 3.20. The molecule has 3 rings (SSSR count). The van der Waals surface area contributed by atoms with E-state index in [1.807, 2.05) is 6.92 Å². The number of ether oxygens (including phenoxy) is 2. The highest BCUT2D eigenvalue weighted by molar-refractivity contribution is 5.68. The van der Waals surface area contributed by atoms with Gasteiger partial charge in [0.1, 0.15) is 5.82 Å². The molecule has 0 N–H and O–H groups in total. The Labute approximate surface area is 166 Å². The lowest BCUT2D eigenvalue weighted by molar-refractivity contribution is 0.272. The number of benzene rings is 2. The van der Waals surface area contributed by atoms with E-state index < -0.39 is 29.0 Å². The van der Waals surface area contributed by atoms with Crippen LogP contribution in [0.4, 0.5) is 17.6 Å². The van der Waals surface area contributed by atoms with Gasteiger partial charge < -0.3 is 9.47 Å². The van der Waals surface area contributed by atoms with Crippen molar-refractivity contribution in [1.82, 2.24) is 0 Å². The maximum atomic E-state index is 14.8. The van der Waals surface area contributed by atoms with Gasteiger partial charge in [0.25, 0.3) is 0 Å². The summed E-state index contributed by atoms with van der Waals surface area (Å²) in [7, 11) is 1.22. The van der Waals surface area contributed by atoms with E-state index in [2.05, 4.69) is 13.2 Å². The van der Waals surface area contributed by atoms with Crippen LogP contribution in [0.1, 0.15) is 24.5 Å². The zero-order chi connectivity index (χ0) is 21.3. The van der Waals surface area contributed by atoms with E-state index in [1.165, 1.54) is 19.2 Å². The van der Waals surface area contributed by atoms with Crippen molar-refractivity contribution in [3.63, 3.8) is 0 Å². The van der Waals surface area contributed by atoms with Crippen molar-refractivity contribution in [3.05, 3.63) is 88.9 Å². The Bertz CT molecular complexity index is 1040. The third kappa shape index (κ3) is 3.79. The van der Waals surface area contributed by atoms with Crippen LogP contribution >= 0.6 is 0 Å². The number of fused-ring (bicyclic) bond motifs is 1. The number of aryl methyl sites for hydroxylation is 1. The molecule has 6 heteroatoms. The molecular formula is C23H20F4O2. The van der Waals surface area contributed by atoms with Crippen molar-refractivity contribution in [1.29, 1.82) is 0 Å². The maximum Gasteiger partial charge on any atom is 0.207 e. The Morgan fingerprint density at radius 3 is 2.52 bits per heavy atom. The number of hydrogen-bond donors (Lipinski definition) is 0. The zero-order valence-corrected chi connectivity index (χ0v) is 16.2. The summed E-state index contributed by atoms with van der Waals surface area (Å²) in [5.41, 5.74) is 1.10. The van der Waals surface area contributed by atoms with Gasteiger partial charge in [-0.15, -0.1) is 0 Å². The van der Waals surface area contributed by atoms with Crippen molar-refractivity contribution in [2.24, 2.45) is 0 Å². The van der Waals surface area contributed by atoms with Crippen LogP contribution in [-0.2, 0) is 17.6 Å². The number of rotatable bonds is 5. The molecule has 0 saturated carbocycles. The molecule has 29 heavy (non-hydrogen) atoms. The van der Waals surface area contributed by atoms with Crippen molar-refractivity contribution >= 4 is 0 Å². The molecule has 0 bridgehead atoms. The minimum Gasteiger partial charge on any atom is -0.494 e. The molecule has 0 saturated heterocycles. The number of allylic oxidation sites excluding steroid dienone is 2. The molecule has 2 aromatic rings. The van der Waals surface area contributed by atoms with Crippen LogP contribution < -0.4 is 4.74 Å². The average Bonchev–Trinajstić information content (AvgIpc) is 2.71. The van der Waals surface area contributed by atoms with Gasteiger partial charge in [-0.3, -0.25) is 0 Å². The smallest absolute Gasteiger partial charge is 0.207 e. The highest BCUT2D eigenvalue weighted by atomic mass is 19.2. The molecule has 2 nitrogen and oxygen atoms in total. The van der Waals surface area contributed by atoms with E-state index in [-0.39, 0.29) is 40.2 Å². The van der Waals surface area contributed by atoms with E-state index in [1.54, 1.807) is 12.1 Å². The van der Waals surface area contributed by atoms with Gasteiger partial charge in [0.05, 0.1) is 7.11 Å². The third-order valence-corrected chi connectivity index (χ3v) is 4.74. The standard InChI is InChI=1S/C23H20F4O2/c1-5-6-14-7-8-15(11-18(14)24)17-10-16-9-12(2)22(19(25)13(3)28-4)29-23(16)21(27)20(17)26/h7-8,10-11H,2-3,5-6,9H2,1,4H3/b22-19-. The van der Waals surface area contributed by atoms with Gasteiger partial charge in [-0.05, 0) is 35.3 Å². The fourth-order valence-corrected chi connectivity index (χ4v) is 3.20. The molecule has 0 radical (unpaired) electrons. The first-order valence-electron chi connectivity index (χ1n) is 9.07. The third-order valence-electron chi connectivity index (χ3n) is 4.74. The van der Waals surface area contributed by atoms with Gasteiger partial charge in [0.2, 0.25) is 11.6 Å². The largest absolute Gasteiger partial charge is 0.494 e. The number of methoxy groups -OCH3 is 1. The summed E-state index contributed by atoms with van der Waals surface area (Å²) in [5.74, 6) is -5.01. The van der Waals surface area contributed by atoms with Crippen LogP contribution in [-0.4, -0.2) is 7.11 Å². The van der Waals surface area contributed by atoms with Crippen LogP contribution in [0.2, 0.25) is 0 Å². The molecular weight excluding hydrogens is 384 g/mol. The first-order chi connectivity index (χ1) is 13.8. The molecule has 0 aliphatic carbocycles. The summed E-state index contributed by atoms with van der Waals surface area (Å²) < 4.78 is 68.2. The lowest BCUT2D eigenvalue weighted by Gasteiger charge is -2.24. The summed E-state index contributed by atoms with van der Waals surface area (Å²) in [6.45, 7) is 9.04. The van der Waals surface area contributed by atoms with Crippen molar-refractivity contribution in [2.45, 2.75) is 26.2 Å². The molecule has 0 unspecified atom stereocenters. The van der Waals surface area contributed by atoms with Gasteiger partial charge >= 0.3 is 0 Å². The van der Waals surface area contributed by atoms with E-state index in [0.717, 1.165) is 6.42 Å². The second kappa shape index (κ2) is 8.15. The average molecular weight is 404 g/mol. The minimum absolute atomic E-state index is 0.0235. The van der Waals surface area contributed by atoms with Gasteiger partial charge in [-0.2, -0.15) is 8.78 Å². The van der Waals surface area contributed by atoms with Gasteiger partial charge in [-0.1, -0.05) is 38.6 Å². The van der Waals surface area contributed by atoms with E-state index in [0.29, 0.717) is 12.0 Å². The van der Waals surface area contributed by atoms with Crippen LogP contribution in [0.15, 0.2) is 60.3 Å². The summed E-state index contributed by atoms with van der Waals surface area (Å²) in [6.07, 6.45) is 1.34. The lowest BCUT2D eigenvalue weighted by atomic mass is 9.94. The molecule has 1 aliphatic heterocycles. The topological polar surface area (TPSA) is 18.5 Å². The predicted octanol–water partition coefficient (Wildman–Crippen LogP) is 6.56. The molecule has 0 fully saturated rings. The molecule has 1 heterocycles. The lowest BCUT2D eigenvalue weighted by Crippen LogP contribution is -2.15. The normalized spacial score (nSPS) is 14.9. The molecule has 152 valence electrons. The van der Waals surface area contributed by atoms with E-state index in [4.69, 9.17) is 9.47 Å². The summed E-state index contributed by atoms with van der Waals surface area (Å²) in [4.78, 5) is 0. The Morgan fingerprint density at radius 1 is 1.17 bits per heavy atom. The fraction of sp³-hybridized carbons (Fsp3) is 0.217. The summed E-state index contributed by atoms with van der Waals surface area (Å²) >= 11 is 0. The van der Waals surface area contributed by atoms with Crippen molar-refractivity contribution in [2.75, 3.05) is 7.11 Å². The second-order valence-electron chi connectivity index (χ2n) is 6.75. The molecule has 0 aromatic heterocycles. The molecule has 1 aliphatic rings. The summed E-state index contributed by atoms with van der Waals surface area (Å²) in [6, 6.07) is 5.66. The van der Waals surface area contributed by atoms with Crippen molar-refractivity contribution < 1.29 is 27.0 Å². The first-order valence-corrected chi connectivity index (χ1v) is 9.07. The molecule has 0 amide bonds. The Kier molecular flexibility index (Phi) is 5.82. The van der Waals surface area contributed by atoms with Crippen LogP contribution in [0.25, 0.3) is 11.1 Å². The molecule has 2 aromatic carbocycles. The van der Waals surface area contributed by atoms with Crippen LogP contribution in [0.5, 0.6) is 5.75 Å². The quantitative estimate of drug-likeness (QED) is 0.415. The Balaban J connectivity index is 2.08. The van der Waals surface area contributed by atoms with Crippen LogP contribution in [0, 0.1) is 17.5 Å². The van der Waals surface area contributed by atoms with E-state index >= 15 is 0 Å². The van der Waals surface area contributed by atoms with Crippen molar-refractivity contribution in [3.8, 4) is 16.9 Å². The molecule has 0 atom stereocenters. The van der Waals surface area contributed by atoms with Gasteiger partial charge in [0, 0.05) is 17.5 Å². The number of halogens is 4. The second-order valence-corrected chi connectivity index (χ2v) is 6.75. The molecule has 0 spiro atoms. The monoisotopic (exact) mass is 404 g/mol. The van der Waals surface area contributed by atoms with Gasteiger partial charge in [0.15, 0.2) is 23.1 Å². The first kappa shape index (κ1) is 20.7. The van der Waals surface area contributed by atoms with Crippen LogP contribution in [0.3, 0.4) is 0 Å². The highest BCUT2D eigenvalue weighted by Gasteiger charge is 2.29. The predicted molar refractivity (Wildman–Crippen MR) is 104 cm³/mol.